The first kappa shape index (κ1) is 8.02. The van der Waals surface area contributed by atoms with Gasteiger partial charge in [-0.3, -0.25) is 0 Å². The number of aliphatic hydroxyl groups is 1. The number of hydrogen-bond acceptors (Lipinski definition) is 2. The quantitative estimate of drug-likeness (QED) is 0.619. The second kappa shape index (κ2) is 3.94. The third kappa shape index (κ3) is 2.27. The van der Waals surface area contributed by atoms with Crippen LogP contribution in [0, 0.1) is 0 Å². The molecule has 1 heterocycles. The Morgan fingerprint density at radius 1 is 1.60 bits per heavy atom. The Labute approximate surface area is 62.8 Å². The van der Waals surface area contributed by atoms with Gasteiger partial charge in [-0.05, 0) is 32.4 Å². The van der Waals surface area contributed by atoms with E-state index in [0.717, 1.165) is 19.5 Å². The van der Waals surface area contributed by atoms with Crippen molar-refractivity contribution in [3.8, 4) is 0 Å². The van der Waals surface area contributed by atoms with Crippen LogP contribution in [0.1, 0.15) is 26.2 Å². The molecule has 0 saturated carbocycles. The predicted molar refractivity (Wildman–Crippen MR) is 42.0 cm³/mol. The third-order valence-corrected chi connectivity index (χ3v) is 2.02. The molecule has 0 aliphatic carbocycles. The number of hydrogen-bond donors (Lipinski definition) is 1. The van der Waals surface area contributed by atoms with Crippen LogP contribution in [-0.4, -0.2) is 35.7 Å². The largest absolute Gasteiger partial charge is 0.392 e. The molecule has 0 unspecified atom stereocenters. The van der Waals surface area contributed by atoms with Crippen LogP contribution in [0.25, 0.3) is 0 Å². The SMILES string of the molecule is CCCN1CCC[C@@H](O)C1. The van der Waals surface area contributed by atoms with Gasteiger partial charge in [-0.25, -0.2) is 0 Å². The predicted octanol–water partition coefficient (Wildman–Crippen LogP) is 0.853. The van der Waals surface area contributed by atoms with Crippen LogP contribution < -0.4 is 0 Å². The zero-order valence-electron chi connectivity index (χ0n) is 6.71. The van der Waals surface area contributed by atoms with Gasteiger partial charge < -0.3 is 10.0 Å². The molecule has 0 aromatic carbocycles. The molecule has 0 radical (unpaired) electrons. The average Bonchev–Trinajstić information content (AvgIpc) is 1.88. The Balaban J connectivity index is 2.18. The topological polar surface area (TPSA) is 23.5 Å². The lowest BCUT2D eigenvalue weighted by Gasteiger charge is -2.29. The first-order valence-corrected chi connectivity index (χ1v) is 4.23. The monoisotopic (exact) mass is 143 g/mol. The van der Waals surface area contributed by atoms with Crippen LogP contribution in [0.4, 0.5) is 0 Å². The molecular formula is C8H17NO. The van der Waals surface area contributed by atoms with Crippen LogP contribution in [0.3, 0.4) is 0 Å². The lowest BCUT2D eigenvalue weighted by atomic mass is 10.1. The number of likely N-dealkylation sites (tertiary alicyclic amines) is 1. The van der Waals surface area contributed by atoms with Crippen molar-refractivity contribution >= 4 is 0 Å². The van der Waals surface area contributed by atoms with E-state index in [9.17, 15) is 5.11 Å². The summed E-state index contributed by atoms with van der Waals surface area (Å²) < 4.78 is 0. The molecule has 0 bridgehead atoms. The minimum absolute atomic E-state index is 0.0553. The molecular weight excluding hydrogens is 126 g/mol. The van der Waals surface area contributed by atoms with Crippen molar-refractivity contribution in [1.82, 2.24) is 4.90 Å². The lowest BCUT2D eigenvalue weighted by molar-refractivity contribution is 0.0709. The van der Waals surface area contributed by atoms with Gasteiger partial charge in [-0.1, -0.05) is 6.92 Å². The molecule has 60 valence electrons. The van der Waals surface area contributed by atoms with Gasteiger partial charge in [0.2, 0.25) is 0 Å². The molecule has 2 nitrogen and oxygen atoms in total. The molecule has 1 N–H and O–H groups in total. The Morgan fingerprint density at radius 3 is 3.00 bits per heavy atom. The molecule has 0 spiro atoms. The smallest absolute Gasteiger partial charge is 0.0667 e. The molecule has 10 heavy (non-hydrogen) atoms. The number of aliphatic hydroxyl groups excluding tert-OH is 1. The normalized spacial score (nSPS) is 28.8. The first-order valence-electron chi connectivity index (χ1n) is 4.23. The summed E-state index contributed by atoms with van der Waals surface area (Å²) in [5.41, 5.74) is 0. The highest BCUT2D eigenvalue weighted by atomic mass is 16.3. The van der Waals surface area contributed by atoms with E-state index in [0.29, 0.717) is 0 Å². The Morgan fingerprint density at radius 2 is 2.40 bits per heavy atom. The van der Waals surface area contributed by atoms with Crippen molar-refractivity contribution in [2.75, 3.05) is 19.6 Å². The summed E-state index contributed by atoms with van der Waals surface area (Å²) in [6.45, 7) is 5.41. The fourth-order valence-corrected chi connectivity index (χ4v) is 1.55. The van der Waals surface area contributed by atoms with Gasteiger partial charge >= 0.3 is 0 Å². The summed E-state index contributed by atoms with van der Waals surface area (Å²) in [6.07, 6.45) is 3.31. The Bertz CT molecular complexity index is 93.3. The summed E-state index contributed by atoms with van der Waals surface area (Å²) >= 11 is 0. The van der Waals surface area contributed by atoms with Crippen molar-refractivity contribution < 1.29 is 5.11 Å². The van der Waals surface area contributed by atoms with Crippen LogP contribution in [0.5, 0.6) is 0 Å². The third-order valence-electron chi connectivity index (χ3n) is 2.02. The number of β-amino-alcohol motifs (C(OH)–C–C–N with tert-alkyl or cyclic N) is 1. The van der Waals surface area contributed by atoms with Gasteiger partial charge in [0, 0.05) is 6.54 Å². The highest BCUT2D eigenvalue weighted by Crippen LogP contribution is 2.09. The van der Waals surface area contributed by atoms with Gasteiger partial charge in [0.05, 0.1) is 6.10 Å². The maximum Gasteiger partial charge on any atom is 0.0667 e. The average molecular weight is 143 g/mol. The molecule has 1 aliphatic heterocycles. The molecule has 1 saturated heterocycles. The second-order valence-corrected chi connectivity index (χ2v) is 3.10. The van der Waals surface area contributed by atoms with Gasteiger partial charge in [0.1, 0.15) is 0 Å². The van der Waals surface area contributed by atoms with Crippen LogP contribution in [-0.2, 0) is 0 Å². The molecule has 1 aliphatic rings. The second-order valence-electron chi connectivity index (χ2n) is 3.10. The highest BCUT2D eigenvalue weighted by molar-refractivity contribution is 4.70. The maximum absolute atomic E-state index is 9.26. The standard InChI is InChI=1S/C8H17NO/c1-2-5-9-6-3-4-8(10)7-9/h8,10H,2-7H2,1H3/t8-/m1/s1. The summed E-state index contributed by atoms with van der Waals surface area (Å²) in [6, 6.07) is 0. The Hall–Kier alpha value is -0.0800. The van der Waals surface area contributed by atoms with Gasteiger partial charge in [0.15, 0.2) is 0 Å². The van der Waals surface area contributed by atoms with E-state index in [-0.39, 0.29) is 6.10 Å². The van der Waals surface area contributed by atoms with Crippen molar-refractivity contribution in [2.24, 2.45) is 0 Å². The zero-order valence-corrected chi connectivity index (χ0v) is 6.71. The van der Waals surface area contributed by atoms with E-state index in [1.54, 1.807) is 0 Å². The zero-order chi connectivity index (χ0) is 7.40. The van der Waals surface area contributed by atoms with Crippen molar-refractivity contribution in [3.05, 3.63) is 0 Å². The number of nitrogens with zero attached hydrogens (tertiary/aromatic N) is 1. The molecule has 0 aromatic heterocycles. The van der Waals surface area contributed by atoms with E-state index < -0.39 is 0 Å². The summed E-state index contributed by atoms with van der Waals surface area (Å²) in [7, 11) is 0. The van der Waals surface area contributed by atoms with Crippen molar-refractivity contribution in [2.45, 2.75) is 32.3 Å². The van der Waals surface area contributed by atoms with E-state index in [2.05, 4.69) is 11.8 Å². The van der Waals surface area contributed by atoms with Gasteiger partial charge in [0.25, 0.3) is 0 Å². The Kier molecular flexibility index (Phi) is 3.16. The van der Waals surface area contributed by atoms with Gasteiger partial charge in [-0.2, -0.15) is 0 Å². The van der Waals surface area contributed by atoms with Crippen LogP contribution in [0.15, 0.2) is 0 Å². The molecule has 1 rings (SSSR count). The molecule has 2 heteroatoms. The number of rotatable bonds is 2. The molecule has 1 atom stereocenters. The van der Waals surface area contributed by atoms with E-state index in [1.807, 2.05) is 0 Å². The first-order chi connectivity index (χ1) is 4.83. The molecule has 0 aromatic rings. The van der Waals surface area contributed by atoms with Crippen LogP contribution >= 0.6 is 0 Å². The minimum atomic E-state index is -0.0553. The maximum atomic E-state index is 9.26. The van der Waals surface area contributed by atoms with Crippen LogP contribution in [0.2, 0.25) is 0 Å². The summed E-state index contributed by atoms with van der Waals surface area (Å²) in [5, 5.41) is 9.26. The molecule has 0 amide bonds. The lowest BCUT2D eigenvalue weighted by Crippen LogP contribution is -2.38. The highest BCUT2D eigenvalue weighted by Gasteiger charge is 2.15. The van der Waals surface area contributed by atoms with Crippen molar-refractivity contribution in [1.29, 1.82) is 0 Å². The summed E-state index contributed by atoms with van der Waals surface area (Å²) in [4.78, 5) is 2.34. The number of piperidine rings is 1. The van der Waals surface area contributed by atoms with Crippen molar-refractivity contribution in [3.63, 3.8) is 0 Å². The minimum Gasteiger partial charge on any atom is -0.392 e. The van der Waals surface area contributed by atoms with E-state index in [4.69, 9.17) is 0 Å². The van der Waals surface area contributed by atoms with Gasteiger partial charge in [-0.15, -0.1) is 0 Å². The molecule has 1 fully saturated rings. The summed E-state index contributed by atoms with van der Waals surface area (Å²) in [5.74, 6) is 0. The fraction of sp³-hybridized carbons (Fsp3) is 1.00. The fourth-order valence-electron chi connectivity index (χ4n) is 1.55. The van der Waals surface area contributed by atoms with E-state index in [1.165, 1.54) is 19.4 Å². The van der Waals surface area contributed by atoms with E-state index >= 15 is 0 Å².